The molecule has 0 aliphatic rings. The Hall–Kier alpha value is -1.82. The van der Waals surface area contributed by atoms with Crippen LogP contribution in [0, 0.1) is 0 Å². The maximum absolute atomic E-state index is 12.5. The van der Waals surface area contributed by atoms with E-state index < -0.39 is 23.8 Å². The molecule has 6 heteroatoms. The Bertz CT molecular complexity index is 457. The average Bonchev–Trinajstić information content (AvgIpc) is 2.33. The second-order valence-corrected chi connectivity index (χ2v) is 3.99. The van der Waals surface area contributed by atoms with Crippen molar-refractivity contribution >= 4 is 5.97 Å². The van der Waals surface area contributed by atoms with Crippen molar-refractivity contribution in [3.05, 3.63) is 48.0 Å². The van der Waals surface area contributed by atoms with Gasteiger partial charge in [0.15, 0.2) is 0 Å². The highest BCUT2D eigenvalue weighted by Gasteiger charge is 2.30. The minimum Gasteiger partial charge on any atom is -0.480 e. The first kappa shape index (κ1) is 15.2. The van der Waals surface area contributed by atoms with Crippen molar-refractivity contribution in [2.24, 2.45) is 0 Å². The second-order valence-electron chi connectivity index (χ2n) is 3.99. The van der Waals surface area contributed by atoms with Crippen LogP contribution in [0.15, 0.2) is 36.9 Å². The minimum absolute atomic E-state index is 0.0207. The fraction of sp³-hybridized carbons (Fsp3) is 0.308. The van der Waals surface area contributed by atoms with Gasteiger partial charge in [0.2, 0.25) is 0 Å². The molecule has 0 aliphatic heterocycles. The predicted octanol–water partition coefficient (Wildman–Crippen LogP) is 2.48. The van der Waals surface area contributed by atoms with Gasteiger partial charge in [-0.2, -0.15) is 13.2 Å². The van der Waals surface area contributed by atoms with E-state index in [1.807, 2.05) is 0 Å². The third kappa shape index (κ3) is 4.75. The standard InChI is InChI=1S/C13H14F3NO2/c1-2-6-17-11(12(18)19)8-9-4-3-5-10(7-9)13(14,15)16/h2-5,7,11,17H,1,6,8H2,(H,18,19)/t11-/m0/s1. The number of carboxylic acids is 1. The van der Waals surface area contributed by atoms with Crippen LogP contribution in [0.5, 0.6) is 0 Å². The summed E-state index contributed by atoms with van der Waals surface area (Å²) in [6, 6.07) is 3.72. The lowest BCUT2D eigenvalue weighted by Gasteiger charge is -2.14. The first-order valence-corrected chi connectivity index (χ1v) is 5.58. The van der Waals surface area contributed by atoms with E-state index >= 15 is 0 Å². The van der Waals surface area contributed by atoms with E-state index in [0.717, 1.165) is 12.1 Å². The number of hydrogen-bond acceptors (Lipinski definition) is 2. The first-order valence-electron chi connectivity index (χ1n) is 5.58. The summed E-state index contributed by atoms with van der Waals surface area (Å²) < 4.78 is 37.6. The summed E-state index contributed by atoms with van der Waals surface area (Å²) >= 11 is 0. The minimum atomic E-state index is -4.43. The smallest absolute Gasteiger partial charge is 0.416 e. The molecule has 0 amide bonds. The fourth-order valence-electron chi connectivity index (χ4n) is 1.58. The monoisotopic (exact) mass is 273 g/mol. The number of alkyl halides is 3. The lowest BCUT2D eigenvalue weighted by Crippen LogP contribution is -2.38. The summed E-state index contributed by atoms with van der Waals surface area (Å²) in [5, 5.41) is 11.6. The highest BCUT2D eigenvalue weighted by Crippen LogP contribution is 2.29. The van der Waals surface area contributed by atoms with Crippen LogP contribution >= 0.6 is 0 Å². The molecule has 0 heterocycles. The molecule has 0 spiro atoms. The van der Waals surface area contributed by atoms with Crippen LogP contribution < -0.4 is 5.32 Å². The molecular formula is C13H14F3NO2. The van der Waals surface area contributed by atoms with E-state index in [0.29, 0.717) is 5.56 Å². The van der Waals surface area contributed by atoms with Gasteiger partial charge >= 0.3 is 12.1 Å². The van der Waals surface area contributed by atoms with E-state index in [2.05, 4.69) is 11.9 Å². The molecule has 0 fully saturated rings. The molecule has 0 unspecified atom stereocenters. The Balaban J connectivity index is 2.85. The molecule has 1 atom stereocenters. The van der Waals surface area contributed by atoms with Crippen molar-refractivity contribution in [3.63, 3.8) is 0 Å². The van der Waals surface area contributed by atoms with E-state index in [9.17, 15) is 18.0 Å². The molecule has 0 aromatic heterocycles. The predicted molar refractivity (Wildman–Crippen MR) is 64.8 cm³/mol. The van der Waals surface area contributed by atoms with Gasteiger partial charge in [0, 0.05) is 6.54 Å². The number of rotatable bonds is 6. The average molecular weight is 273 g/mol. The van der Waals surface area contributed by atoms with Gasteiger partial charge in [-0.15, -0.1) is 6.58 Å². The summed E-state index contributed by atoms with van der Waals surface area (Å²) in [5.41, 5.74) is -0.461. The van der Waals surface area contributed by atoms with Crippen LogP contribution in [0.3, 0.4) is 0 Å². The molecule has 0 bridgehead atoms. The molecule has 19 heavy (non-hydrogen) atoms. The third-order valence-electron chi connectivity index (χ3n) is 2.50. The van der Waals surface area contributed by atoms with Crippen molar-refractivity contribution in [2.75, 3.05) is 6.54 Å². The van der Waals surface area contributed by atoms with E-state index in [4.69, 9.17) is 5.11 Å². The maximum Gasteiger partial charge on any atom is 0.416 e. The molecule has 0 saturated carbocycles. The van der Waals surface area contributed by atoms with Crippen molar-refractivity contribution < 1.29 is 23.1 Å². The zero-order valence-electron chi connectivity index (χ0n) is 10.1. The second kappa shape index (κ2) is 6.38. The van der Waals surface area contributed by atoms with Crippen molar-refractivity contribution in [3.8, 4) is 0 Å². The van der Waals surface area contributed by atoms with Gasteiger partial charge in [0.05, 0.1) is 5.56 Å². The van der Waals surface area contributed by atoms with Gasteiger partial charge in [0.25, 0.3) is 0 Å². The van der Waals surface area contributed by atoms with Crippen LogP contribution in [-0.4, -0.2) is 23.7 Å². The summed E-state index contributed by atoms with van der Waals surface area (Å²) in [7, 11) is 0. The lowest BCUT2D eigenvalue weighted by molar-refractivity contribution is -0.139. The molecule has 1 aromatic rings. The molecule has 104 valence electrons. The van der Waals surface area contributed by atoms with E-state index in [-0.39, 0.29) is 13.0 Å². The third-order valence-corrected chi connectivity index (χ3v) is 2.50. The molecule has 2 N–H and O–H groups in total. The van der Waals surface area contributed by atoms with Crippen molar-refractivity contribution in [1.82, 2.24) is 5.32 Å². The zero-order valence-corrected chi connectivity index (χ0v) is 10.1. The first-order chi connectivity index (χ1) is 8.84. The normalized spacial score (nSPS) is 13.0. The van der Waals surface area contributed by atoms with Gasteiger partial charge < -0.3 is 10.4 Å². The van der Waals surface area contributed by atoms with E-state index in [1.54, 1.807) is 0 Å². The van der Waals surface area contributed by atoms with Crippen molar-refractivity contribution in [2.45, 2.75) is 18.6 Å². The maximum atomic E-state index is 12.5. The molecule has 0 radical (unpaired) electrons. The molecular weight excluding hydrogens is 259 g/mol. The highest BCUT2D eigenvalue weighted by molar-refractivity contribution is 5.74. The lowest BCUT2D eigenvalue weighted by atomic mass is 10.0. The van der Waals surface area contributed by atoms with Crippen LogP contribution in [-0.2, 0) is 17.4 Å². The number of carboxylic acid groups (broad SMARTS) is 1. The van der Waals surface area contributed by atoms with Crippen LogP contribution in [0.2, 0.25) is 0 Å². The molecule has 1 rings (SSSR count). The number of benzene rings is 1. The SMILES string of the molecule is C=CCN[C@@H](Cc1cccc(C(F)(F)F)c1)C(=O)O. The number of carbonyl (C=O) groups is 1. The van der Waals surface area contributed by atoms with Crippen LogP contribution in [0.25, 0.3) is 0 Å². The molecule has 0 aliphatic carbocycles. The number of aliphatic carboxylic acids is 1. The number of nitrogens with one attached hydrogen (secondary N) is 1. The Kier molecular flexibility index (Phi) is 5.11. The zero-order chi connectivity index (χ0) is 14.5. The van der Waals surface area contributed by atoms with Gasteiger partial charge in [-0.1, -0.05) is 24.3 Å². The van der Waals surface area contributed by atoms with Gasteiger partial charge in [-0.3, -0.25) is 4.79 Å². The van der Waals surface area contributed by atoms with Gasteiger partial charge in [-0.05, 0) is 18.1 Å². The fourth-order valence-corrected chi connectivity index (χ4v) is 1.58. The molecule has 0 saturated heterocycles. The summed E-state index contributed by atoms with van der Waals surface area (Å²) in [4.78, 5) is 11.0. The van der Waals surface area contributed by atoms with Crippen molar-refractivity contribution in [1.29, 1.82) is 0 Å². The quantitative estimate of drug-likeness (QED) is 0.783. The van der Waals surface area contributed by atoms with E-state index in [1.165, 1.54) is 18.2 Å². The van der Waals surface area contributed by atoms with Gasteiger partial charge in [-0.25, -0.2) is 0 Å². The summed E-state index contributed by atoms with van der Waals surface area (Å²) in [6.07, 6.45) is -2.96. The molecule has 1 aromatic carbocycles. The topological polar surface area (TPSA) is 49.3 Å². The number of halogens is 3. The Morgan fingerprint density at radius 2 is 2.16 bits per heavy atom. The molecule has 3 nitrogen and oxygen atoms in total. The Morgan fingerprint density at radius 1 is 1.47 bits per heavy atom. The Labute approximate surface area is 108 Å². The summed E-state index contributed by atoms with van der Waals surface area (Å²) in [6.45, 7) is 3.71. The largest absolute Gasteiger partial charge is 0.480 e. The number of hydrogen-bond donors (Lipinski definition) is 2. The summed E-state index contributed by atoms with van der Waals surface area (Å²) in [5.74, 6) is -1.11. The van der Waals surface area contributed by atoms with Crippen LogP contribution in [0.1, 0.15) is 11.1 Å². The van der Waals surface area contributed by atoms with Gasteiger partial charge in [0.1, 0.15) is 6.04 Å². The Morgan fingerprint density at radius 3 is 2.68 bits per heavy atom. The van der Waals surface area contributed by atoms with Crippen LogP contribution in [0.4, 0.5) is 13.2 Å². The highest BCUT2D eigenvalue weighted by atomic mass is 19.4.